The van der Waals surface area contributed by atoms with Gasteiger partial charge in [0.1, 0.15) is 0 Å². The topological polar surface area (TPSA) is 70.4 Å². The van der Waals surface area contributed by atoms with Crippen molar-refractivity contribution < 1.29 is 14.3 Å². The first-order valence-corrected chi connectivity index (χ1v) is 12.2. The van der Waals surface area contributed by atoms with Crippen LogP contribution in [0.3, 0.4) is 0 Å². The van der Waals surface area contributed by atoms with Gasteiger partial charge in [0, 0.05) is 0 Å². The van der Waals surface area contributed by atoms with E-state index in [1.54, 1.807) is 29.2 Å². The molecule has 1 aliphatic rings. The molecule has 1 heterocycles. The van der Waals surface area contributed by atoms with E-state index < -0.39 is 0 Å². The van der Waals surface area contributed by atoms with Gasteiger partial charge in [-0.2, -0.15) is 5.26 Å². The Hall–Kier alpha value is -3.27. The van der Waals surface area contributed by atoms with Crippen molar-refractivity contribution in [2.45, 2.75) is 43.1 Å². The normalized spacial score (nSPS) is 15.1. The van der Waals surface area contributed by atoms with Crippen molar-refractivity contribution in [3.8, 4) is 6.07 Å². The highest BCUT2D eigenvalue weighted by atomic mass is 35.5. The van der Waals surface area contributed by atoms with Crippen molar-refractivity contribution >= 4 is 40.9 Å². The molecule has 0 radical (unpaired) electrons. The van der Waals surface area contributed by atoms with Gasteiger partial charge in [-0.1, -0.05) is 41.9 Å². The van der Waals surface area contributed by atoms with Crippen molar-refractivity contribution in [3.63, 3.8) is 0 Å². The summed E-state index contributed by atoms with van der Waals surface area (Å²) in [5.41, 5.74) is 3.72. The van der Waals surface area contributed by atoms with E-state index in [-0.39, 0.29) is 23.2 Å². The molecule has 34 heavy (non-hydrogen) atoms. The largest absolute Gasteiger partial charge is 0.459 e. The van der Waals surface area contributed by atoms with Crippen LogP contribution in [0, 0.1) is 11.3 Å². The lowest BCUT2D eigenvalue weighted by molar-refractivity contribution is -0.118. The van der Waals surface area contributed by atoms with E-state index in [2.05, 4.69) is 6.07 Å². The first kappa shape index (κ1) is 23.9. The molecule has 1 atom stereocenters. The Morgan fingerprint density at radius 3 is 2.41 bits per heavy atom. The van der Waals surface area contributed by atoms with Gasteiger partial charge < -0.3 is 9.64 Å². The van der Waals surface area contributed by atoms with Gasteiger partial charge in [-0.25, -0.2) is 4.79 Å². The Labute approximate surface area is 208 Å². The van der Waals surface area contributed by atoms with E-state index in [1.165, 1.54) is 11.8 Å². The molecular formula is C27H23ClN2O3S. The van der Waals surface area contributed by atoms with Gasteiger partial charge in [0.2, 0.25) is 5.91 Å². The third-order valence-electron chi connectivity index (χ3n) is 5.42. The maximum absolute atomic E-state index is 13.6. The van der Waals surface area contributed by atoms with Crippen molar-refractivity contribution in [3.05, 3.63) is 94.0 Å². The van der Waals surface area contributed by atoms with E-state index in [0.717, 1.165) is 21.7 Å². The summed E-state index contributed by atoms with van der Waals surface area (Å²) in [4.78, 5) is 28.3. The summed E-state index contributed by atoms with van der Waals surface area (Å²) in [6.07, 6.45) is 0.313. The number of nitrogens with zero attached hydrogens (tertiary/aromatic N) is 2. The number of halogens is 1. The minimum Gasteiger partial charge on any atom is -0.459 e. The fraction of sp³-hybridized carbons (Fsp3) is 0.222. The summed E-state index contributed by atoms with van der Waals surface area (Å²) in [6, 6.07) is 22.1. The Bertz CT molecular complexity index is 1250. The van der Waals surface area contributed by atoms with Gasteiger partial charge in [0.25, 0.3) is 0 Å². The fourth-order valence-corrected chi connectivity index (χ4v) is 5.32. The molecule has 0 saturated heterocycles. The van der Waals surface area contributed by atoms with E-state index in [1.807, 2.05) is 56.3 Å². The fourth-order valence-electron chi connectivity index (χ4n) is 3.74. The molecule has 0 N–H and O–H groups in total. The maximum atomic E-state index is 13.6. The zero-order chi connectivity index (χ0) is 24.2. The molecule has 4 rings (SSSR count). The molecule has 0 spiro atoms. The Balaban J connectivity index is 1.58. The molecule has 1 aliphatic heterocycles. The predicted molar refractivity (Wildman–Crippen MR) is 134 cm³/mol. The zero-order valence-corrected chi connectivity index (χ0v) is 20.4. The van der Waals surface area contributed by atoms with Gasteiger partial charge in [-0.3, -0.25) is 4.79 Å². The summed E-state index contributed by atoms with van der Waals surface area (Å²) in [5, 5.41) is 9.30. The lowest BCUT2D eigenvalue weighted by atomic mass is 10.1. The summed E-state index contributed by atoms with van der Waals surface area (Å²) in [5.74, 6) is -0.369. The Morgan fingerprint density at radius 2 is 1.76 bits per heavy atom. The molecule has 0 aliphatic carbocycles. The number of hydrogen-bond donors (Lipinski definition) is 0. The van der Waals surface area contributed by atoms with Crippen molar-refractivity contribution in [1.82, 2.24) is 0 Å². The third-order valence-corrected chi connectivity index (χ3v) is 7.16. The number of ether oxygens (including phenoxy) is 1. The summed E-state index contributed by atoms with van der Waals surface area (Å²) in [6.45, 7) is 4.00. The minimum absolute atomic E-state index is 0.00702. The second-order valence-corrected chi connectivity index (χ2v) is 9.90. The molecule has 3 aromatic rings. The van der Waals surface area contributed by atoms with Crippen LogP contribution in [0.4, 0.5) is 5.69 Å². The molecule has 5 nitrogen and oxygen atoms in total. The van der Waals surface area contributed by atoms with Crippen molar-refractivity contribution in [1.29, 1.82) is 5.26 Å². The van der Waals surface area contributed by atoms with Crippen LogP contribution < -0.4 is 4.90 Å². The van der Waals surface area contributed by atoms with Crippen LogP contribution in [0.2, 0.25) is 5.02 Å². The molecule has 3 aromatic carbocycles. The van der Waals surface area contributed by atoms with Crippen molar-refractivity contribution in [2.24, 2.45) is 0 Å². The average Bonchev–Trinajstić information content (AvgIpc) is 2.82. The molecule has 0 bridgehead atoms. The number of carbonyl (C=O) groups is 2. The smallest absolute Gasteiger partial charge is 0.338 e. The highest BCUT2D eigenvalue weighted by Gasteiger charge is 2.34. The van der Waals surface area contributed by atoms with Crippen LogP contribution in [-0.4, -0.2) is 23.2 Å². The predicted octanol–water partition coefficient (Wildman–Crippen LogP) is 6.03. The molecule has 7 heteroatoms. The summed E-state index contributed by atoms with van der Waals surface area (Å²) >= 11 is 7.98. The van der Waals surface area contributed by atoms with Crippen LogP contribution in [-0.2, 0) is 22.5 Å². The van der Waals surface area contributed by atoms with Crippen LogP contribution >= 0.6 is 23.4 Å². The second-order valence-electron chi connectivity index (χ2n) is 8.28. The molecule has 0 aromatic heterocycles. The number of carbonyl (C=O) groups excluding carboxylic acids is 2. The quantitative estimate of drug-likeness (QED) is 0.395. The van der Waals surface area contributed by atoms with Crippen LogP contribution in [0.25, 0.3) is 0 Å². The number of amides is 1. The molecular weight excluding hydrogens is 468 g/mol. The number of thioether (sulfide) groups is 1. The number of hydrogen-bond acceptors (Lipinski definition) is 5. The van der Waals surface area contributed by atoms with Crippen LogP contribution in [0.5, 0.6) is 0 Å². The Kier molecular flexibility index (Phi) is 7.26. The standard InChI is InChI=1S/C27H23ClN2O3S/c1-17(2)33-27(32)21-12-10-18(11-13-21)14-24-26(31)30(16-20-8-6-19(15-29)7-9-20)23-5-3-4-22(28)25(23)34-24/h3-13,17,24H,14,16H2,1-2H3. The van der Waals surface area contributed by atoms with E-state index in [9.17, 15) is 9.59 Å². The van der Waals surface area contributed by atoms with Gasteiger partial charge in [-0.05, 0) is 67.8 Å². The number of esters is 1. The third kappa shape index (κ3) is 5.27. The average molecular weight is 491 g/mol. The highest BCUT2D eigenvalue weighted by Crippen LogP contribution is 2.44. The molecule has 1 amide bonds. The van der Waals surface area contributed by atoms with E-state index >= 15 is 0 Å². The molecule has 1 unspecified atom stereocenters. The highest BCUT2D eigenvalue weighted by molar-refractivity contribution is 8.01. The number of fused-ring (bicyclic) bond motifs is 1. The SMILES string of the molecule is CC(C)OC(=O)c1ccc(CC2Sc3c(Cl)cccc3N(Cc3ccc(C#N)cc3)C2=O)cc1. The van der Waals surface area contributed by atoms with Crippen LogP contribution in [0.1, 0.15) is 40.9 Å². The number of nitriles is 1. The minimum atomic E-state index is -0.362. The van der Waals surface area contributed by atoms with Gasteiger partial charge in [0.05, 0.1) is 50.7 Å². The molecule has 0 saturated carbocycles. The lowest BCUT2D eigenvalue weighted by Gasteiger charge is -2.34. The molecule has 172 valence electrons. The van der Waals surface area contributed by atoms with E-state index in [0.29, 0.717) is 29.1 Å². The number of rotatable bonds is 6. The van der Waals surface area contributed by atoms with Crippen LogP contribution in [0.15, 0.2) is 71.6 Å². The van der Waals surface area contributed by atoms with Gasteiger partial charge in [0.15, 0.2) is 0 Å². The zero-order valence-electron chi connectivity index (χ0n) is 18.8. The monoisotopic (exact) mass is 490 g/mol. The number of benzene rings is 3. The second kappa shape index (κ2) is 10.3. The van der Waals surface area contributed by atoms with Gasteiger partial charge in [-0.15, -0.1) is 11.8 Å². The van der Waals surface area contributed by atoms with Gasteiger partial charge >= 0.3 is 5.97 Å². The summed E-state index contributed by atoms with van der Waals surface area (Å²) < 4.78 is 5.24. The van der Waals surface area contributed by atoms with E-state index in [4.69, 9.17) is 21.6 Å². The lowest BCUT2D eigenvalue weighted by Crippen LogP contribution is -2.41. The first-order valence-electron chi connectivity index (χ1n) is 10.9. The first-order chi connectivity index (χ1) is 16.4. The Morgan fingerprint density at radius 1 is 1.09 bits per heavy atom. The molecule has 0 fully saturated rings. The number of anilines is 1. The van der Waals surface area contributed by atoms with Crippen molar-refractivity contribution in [2.75, 3.05) is 4.90 Å². The maximum Gasteiger partial charge on any atom is 0.338 e. The summed E-state index contributed by atoms with van der Waals surface area (Å²) in [7, 11) is 0.